The lowest BCUT2D eigenvalue weighted by atomic mass is 9.94. The number of hydrogen-bond donors (Lipinski definition) is 1. The monoisotopic (exact) mass is 488 g/mol. The van der Waals surface area contributed by atoms with Crippen molar-refractivity contribution in [3.05, 3.63) is 59.2 Å². The molecule has 0 bridgehead atoms. The molecule has 3 rings (SSSR count). The topological polar surface area (TPSA) is 102 Å². The van der Waals surface area contributed by atoms with Crippen molar-refractivity contribution < 1.29 is 27.5 Å². The largest absolute Gasteiger partial charge is 0.495 e. The number of sulfonamides is 1. The Morgan fingerprint density at radius 3 is 2.32 bits per heavy atom. The molecule has 0 saturated carbocycles. The summed E-state index contributed by atoms with van der Waals surface area (Å²) in [6.07, 6.45) is 0.960. The summed E-state index contributed by atoms with van der Waals surface area (Å²) in [4.78, 5) is 24.6. The second kappa shape index (κ2) is 11.0. The quantitative estimate of drug-likeness (QED) is 0.573. The van der Waals surface area contributed by atoms with Crippen molar-refractivity contribution >= 4 is 21.9 Å². The number of ether oxygens (including phenoxy) is 2. The smallest absolute Gasteiger partial charge is 0.338 e. The third-order valence-electron chi connectivity index (χ3n) is 5.80. The Balaban J connectivity index is 1.67. The number of carbonyl (C=O) groups excluding carboxylic acids is 2. The van der Waals surface area contributed by atoms with E-state index in [1.165, 1.54) is 29.6 Å². The van der Waals surface area contributed by atoms with Gasteiger partial charge >= 0.3 is 5.97 Å². The van der Waals surface area contributed by atoms with Crippen LogP contribution in [-0.2, 0) is 26.1 Å². The third kappa shape index (κ3) is 6.36. The normalized spacial score (nSPS) is 18.8. The number of esters is 1. The summed E-state index contributed by atoms with van der Waals surface area (Å²) < 4.78 is 38.6. The molecule has 0 spiro atoms. The Labute approximate surface area is 201 Å². The summed E-state index contributed by atoms with van der Waals surface area (Å²) in [5, 5.41) is 2.69. The third-order valence-corrected chi connectivity index (χ3v) is 7.65. The van der Waals surface area contributed by atoms with Gasteiger partial charge in [-0.3, -0.25) is 4.79 Å². The molecule has 0 radical (unpaired) electrons. The predicted octanol–water partition coefficient (Wildman–Crippen LogP) is 3.14. The number of piperidine rings is 1. The van der Waals surface area contributed by atoms with Crippen molar-refractivity contribution in [1.29, 1.82) is 0 Å². The first-order valence-electron chi connectivity index (χ1n) is 11.3. The minimum Gasteiger partial charge on any atom is -0.495 e. The molecule has 9 heteroatoms. The summed E-state index contributed by atoms with van der Waals surface area (Å²) >= 11 is 0. The number of nitrogens with one attached hydrogen (secondary N) is 1. The Morgan fingerprint density at radius 1 is 1.06 bits per heavy atom. The molecule has 2 atom stereocenters. The van der Waals surface area contributed by atoms with Gasteiger partial charge in [0.15, 0.2) is 6.61 Å². The van der Waals surface area contributed by atoms with Crippen molar-refractivity contribution in [3.63, 3.8) is 0 Å². The highest BCUT2D eigenvalue weighted by Gasteiger charge is 2.34. The highest BCUT2D eigenvalue weighted by Crippen LogP contribution is 2.32. The Kier molecular flexibility index (Phi) is 8.33. The minimum absolute atomic E-state index is 0.0313. The van der Waals surface area contributed by atoms with Gasteiger partial charge in [0, 0.05) is 19.6 Å². The predicted molar refractivity (Wildman–Crippen MR) is 128 cm³/mol. The molecule has 1 fully saturated rings. The van der Waals surface area contributed by atoms with E-state index in [0.717, 1.165) is 17.5 Å². The number of benzene rings is 2. The fraction of sp³-hybridized carbons (Fsp3) is 0.440. The molecule has 1 amide bonds. The van der Waals surface area contributed by atoms with E-state index in [1.54, 1.807) is 0 Å². The second-order valence-corrected chi connectivity index (χ2v) is 10.9. The Bertz CT molecular complexity index is 1120. The first-order valence-corrected chi connectivity index (χ1v) is 12.7. The number of hydrogen-bond acceptors (Lipinski definition) is 6. The molecule has 2 aromatic rings. The molecule has 1 aliphatic rings. The number of rotatable bonds is 8. The van der Waals surface area contributed by atoms with Crippen LogP contribution in [0.3, 0.4) is 0 Å². The molecule has 0 aromatic heterocycles. The van der Waals surface area contributed by atoms with Crippen LogP contribution in [0.2, 0.25) is 0 Å². The lowest BCUT2D eigenvalue weighted by Gasteiger charge is -2.34. The number of methoxy groups -OCH3 is 1. The summed E-state index contributed by atoms with van der Waals surface area (Å²) in [7, 11) is -2.50. The maximum absolute atomic E-state index is 13.4. The van der Waals surface area contributed by atoms with Crippen LogP contribution >= 0.6 is 0 Å². The lowest BCUT2D eigenvalue weighted by Crippen LogP contribution is -2.42. The zero-order valence-corrected chi connectivity index (χ0v) is 20.9. The first kappa shape index (κ1) is 25.7. The van der Waals surface area contributed by atoms with Gasteiger partial charge in [-0.25, -0.2) is 13.2 Å². The first-order chi connectivity index (χ1) is 16.1. The zero-order valence-electron chi connectivity index (χ0n) is 20.0. The van der Waals surface area contributed by atoms with E-state index in [-0.39, 0.29) is 28.0 Å². The fourth-order valence-corrected chi connectivity index (χ4v) is 5.98. The molecule has 2 aromatic carbocycles. The van der Waals surface area contributed by atoms with Crippen LogP contribution in [0.1, 0.15) is 41.8 Å². The standard InChI is InChI=1S/C25H32N2O6S/c1-17-5-7-20(8-6-17)13-26-24(28)16-33-25(29)21-9-10-22(32-4)23(12-21)34(30,31)27-14-18(2)11-19(3)15-27/h5-10,12,18-19H,11,13-16H2,1-4H3,(H,26,28). The number of carbonyl (C=O) groups is 2. The van der Waals surface area contributed by atoms with Crippen LogP contribution in [0.4, 0.5) is 0 Å². The minimum atomic E-state index is -3.88. The molecule has 2 unspecified atom stereocenters. The van der Waals surface area contributed by atoms with E-state index in [0.29, 0.717) is 19.6 Å². The molecule has 34 heavy (non-hydrogen) atoms. The van der Waals surface area contributed by atoms with Gasteiger partial charge in [-0.2, -0.15) is 4.31 Å². The van der Waals surface area contributed by atoms with Crippen molar-refractivity contribution in [2.24, 2.45) is 11.8 Å². The van der Waals surface area contributed by atoms with Gasteiger partial charge in [0.25, 0.3) is 5.91 Å². The van der Waals surface area contributed by atoms with Crippen LogP contribution < -0.4 is 10.1 Å². The SMILES string of the molecule is COc1ccc(C(=O)OCC(=O)NCc2ccc(C)cc2)cc1S(=O)(=O)N1CC(C)CC(C)C1. The van der Waals surface area contributed by atoms with E-state index in [1.807, 2.05) is 45.0 Å². The second-order valence-electron chi connectivity index (χ2n) is 8.97. The van der Waals surface area contributed by atoms with Crippen LogP contribution in [-0.4, -0.2) is 51.4 Å². The maximum Gasteiger partial charge on any atom is 0.338 e. The zero-order chi connectivity index (χ0) is 24.9. The maximum atomic E-state index is 13.4. The van der Waals surface area contributed by atoms with Crippen LogP contribution in [0.15, 0.2) is 47.4 Å². The summed E-state index contributed by atoms with van der Waals surface area (Å²) in [5.74, 6) is -0.623. The van der Waals surface area contributed by atoms with E-state index in [4.69, 9.17) is 9.47 Å². The molecule has 1 saturated heterocycles. The van der Waals surface area contributed by atoms with Gasteiger partial charge in [0.05, 0.1) is 12.7 Å². The summed E-state index contributed by atoms with van der Waals surface area (Å²) in [6.45, 7) is 6.68. The average molecular weight is 489 g/mol. The van der Waals surface area contributed by atoms with E-state index in [2.05, 4.69) is 5.32 Å². The number of aryl methyl sites for hydroxylation is 1. The van der Waals surface area contributed by atoms with Crippen LogP contribution in [0, 0.1) is 18.8 Å². The molecule has 8 nitrogen and oxygen atoms in total. The Morgan fingerprint density at radius 2 is 1.71 bits per heavy atom. The molecular weight excluding hydrogens is 456 g/mol. The molecule has 1 heterocycles. The average Bonchev–Trinajstić information content (AvgIpc) is 2.81. The highest BCUT2D eigenvalue weighted by atomic mass is 32.2. The van der Waals surface area contributed by atoms with Crippen molar-refractivity contribution in [2.75, 3.05) is 26.8 Å². The summed E-state index contributed by atoms with van der Waals surface area (Å²) in [5.41, 5.74) is 2.08. The highest BCUT2D eigenvalue weighted by molar-refractivity contribution is 7.89. The van der Waals surface area contributed by atoms with Gasteiger partial charge in [-0.05, 0) is 48.9 Å². The molecule has 184 valence electrons. The van der Waals surface area contributed by atoms with E-state index < -0.39 is 28.5 Å². The van der Waals surface area contributed by atoms with Gasteiger partial charge < -0.3 is 14.8 Å². The van der Waals surface area contributed by atoms with Gasteiger partial charge in [-0.1, -0.05) is 43.7 Å². The van der Waals surface area contributed by atoms with Crippen molar-refractivity contribution in [3.8, 4) is 5.75 Å². The number of nitrogens with zero attached hydrogens (tertiary/aromatic N) is 1. The van der Waals surface area contributed by atoms with Crippen LogP contribution in [0.25, 0.3) is 0 Å². The molecule has 0 aliphatic carbocycles. The Hall–Kier alpha value is -2.91. The lowest BCUT2D eigenvalue weighted by molar-refractivity contribution is -0.124. The summed E-state index contributed by atoms with van der Waals surface area (Å²) in [6, 6.07) is 11.8. The van der Waals surface area contributed by atoms with Crippen molar-refractivity contribution in [2.45, 2.75) is 38.6 Å². The molecular formula is C25H32N2O6S. The fourth-order valence-electron chi connectivity index (χ4n) is 4.12. The van der Waals surface area contributed by atoms with E-state index >= 15 is 0 Å². The molecule has 1 N–H and O–H groups in total. The van der Waals surface area contributed by atoms with Crippen molar-refractivity contribution in [1.82, 2.24) is 9.62 Å². The van der Waals surface area contributed by atoms with Gasteiger partial charge in [-0.15, -0.1) is 0 Å². The molecule has 1 aliphatic heterocycles. The number of amides is 1. The van der Waals surface area contributed by atoms with Crippen LogP contribution in [0.5, 0.6) is 5.75 Å². The van der Waals surface area contributed by atoms with E-state index in [9.17, 15) is 18.0 Å². The van der Waals surface area contributed by atoms with Gasteiger partial charge in [0.1, 0.15) is 10.6 Å². The van der Waals surface area contributed by atoms with Gasteiger partial charge in [0.2, 0.25) is 10.0 Å².